The first-order valence-corrected chi connectivity index (χ1v) is 9.14. The Hall–Kier alpha value is -1.70. The molecule has 0 N–H and O–H groups in total. The maximum atomic E-state index is 12.4. The van der Waals surface area contributed by atoms with Crippen LogP contribution in [0.1, 0.15) is 39.0 Å². The van der Waals surface area contributed by atoms with Gasteiger partial charge in [0.25, 0.3) is 8.03 Å². The third-order valence-electron chi connectivity index (χ3n) is 3.78. The Morgan fingerprint density at radius 1 is 1.04 bits per heavy atom. The zero-order valence-electron chi connectivity index (χ0n) is 13.9. The van der Waals surface area contributed by atoms with Gasteiger partial charge in [-0.2, -0.15) is 0 Å². The molecule has 0 spiro atoms. The fourth-order valence-electron chi connectivity index (χ4n) is 2.79. The van der Waals surface area contributed by atoms with E-state index in [-0.39, 0.29) is 5.52 Å². The summed E-state index contributed by atoms with van der Waals surface area (Å²) in [4.78, 5) is 12.4. The standard InChI is InChI=1S/C19H23O3P/c1-14-12-15(2)18(16(3)13-14)19(20)23(21)22-11-7-10-17-8-5-4-6-9-17/h4-6,8-9,12-13,23H,7,10-11H2,1-3H3. The summed E-state index contributed by atoms with van der Waals surface area (Å²) < 4.78 is 17.5. The van der Waals surface area contributed by atoms with Gasteiger partial charge in [0.15, 0.2) is 0 Å². The number of carbonyl (C=O) groups is 1. The van der Waals surface area contributed by atoms with E-state index in [4.69, 9.17) is 4.52 Å². The van der Waals surface area contributed by atoms with Crippen LogP contribution < -0.4 is 0 Å². The minimum absolute atomic E-state index is 0.336. The lowest BCUT2D eigenvalue weighted by Crippen LogP contribution is -2.03. The van der Waals surface area contributed by atoms with Gasteiger partial charge in [0.2, 0.25) is 5.52 Å². The van der Waals surface area contributed by atoms with Gasteiger partial charge in [-0.3, -0.25) is 9.36 Å². The molecule has 1 unspecified atom stereocenters. The number of carbonyl (C=O) groups excluding carboxylic acids is 1. The second-order valence-electron chi connectivity index (χ2n) is 5.83. The van der Waals surface area contributed by atoms with E-state index in [1.807, 2.05) is 63.2 Å². The lowest BCUT2D eigenvalue weighted by molar-refractivity contribution is 0.105. The molecule has 4 heteroatoms. The number of hydrogen-bond acceptors (Lipinski definition) is 3. The molecule has 0 bridgehead atoms. The van der Waals surface area contributed by atoms with Crippen LogP contribution in [0, 0.1) is 20.8 Å². The number of benzene rings is 2. The van der Waals surface area contributed by atoms with Crippen molar-refractivity contribution in [2.75, 3.05) is 6.61 Å². The summed E-state index contributed by atoms with van der Waals surface area (Å²) in [6.45, 7) is 6.06. The predicted molar refractivity (Wildman–Crippen MR) is 94.7 cm³/mol. The molecule has 0 aliphatic heterocycles. The van der Waals surface area contributed by atoms with Crippen LogP contribution in [0.25, 0.3) is 0 Å². The average Bonchev–Trinajstić information content (AvgIpc) is 2.51. The van der Waals surface area contributed by atoms with E-state index >= 15 is 0 Å². The molecule has 0 radical (unpaired) electrons. The second-order valence-corrected chi connectivity index (χ2v) is 7.15. The van der Waals surface area contributed by atoms with Crippen LogP contribution in [0.3, 0.4) is 0 Å². The van der Waals surface area contributed by atoms with Gasteiger partial charge in [-0.05, 0) is 50.3 Å². The summed E-state index contributed by atoms with van der Waals surface area (Å²) in [6, 6.07) is 13.9. The summed E-state index contributed by atoms with van der Waals surface area (Å²) in [5, 5.41) is 0. The summed E-state index contributed by atoms with van der Waals surface area (Å²) in [6.07, 6.45) is 1.60. The molecule has 3 nitrogen and oxygen atoms in total. The van der Waals surface area contributed by atoms with Gasteiger partial charge in [-0.15, -0.1) is 0 Å². The van der Waals surface area contributed by atoms with Crippen molar-refractivity contribution in [3.8, 4) is 0 Å². The Bertz CT molecular complexity index is 685. The van der Waals surface area contributed by atoms with Gasteiger partial charge in [0, 0.05) is 5.56 Å². The summed E-state index contributed by atoms with van der Waals surface area (Å²) in [7, 11) is -2.72. The van der Waals surface area contributed by atoms with Crippen molar-refractivity contribution >= 4 is 13.6 Å². The Balaban J connectivity index is 1.90. The fourth-order valence-corrected chi connectivity index (χ4v) is 3.85. The minimum atomic E-state index is -2.72. The fraction of sp³-hybridized carbons (Fsp3) is 0.316. The van der Waals surface area contributed by atoms with E-state index in [0.29, 0.717) is 12.2 Å². The third kappa shape index (κ3) is 4.89. The van der Waals surface area contributed by atoms with Gasteiger partial charge in [-0.25, -0.2) is 0 Å². The Labute approximate surface area is 138 Å². The summed E-state index contributed by atoms with van der Waals surface area (Å²) >= 11 is 0. The largest absolute Gasteiger partial charge is 0.325 e. The van der Waals surface area contributed by atoms with E-state index in [1.165, 1.54) is 5.56 Å². The highest BCUT2D eigenvalue weighted by molar-refractivity contribution is 7.60. The van der Waals surface area contributed by atoms with Crippen molar-refractivity contribution in [2.24, 2.45) is 0 Å². The molecule has 2 rings (SSSR count). The van der Waals surface area contributed by atoms with E-state index in [0.717, 1.165) is 29.5 Å². The molecule has 2 aromatic rings. The summed E-state index contributed by atoms with van der Waals surface area (Å²) in [5.74, 6) is 0. The quantitative estimate of drug-likeness (QED) is 0.537. The van der Waals surface area contributed by atoms with Crippen LogP contribution in [0.5, 0.6) is 0 Å². The molecule has 1 atom stereocenters. The highest BCUT2D eigenvalue weighted by atomic mass is 31.1. The Morgan fingerprint density at radius 3 is 2.26 bits per heavy atom. The highest BCUT2D eigenvalue weighted by Gasteiger charge is 2.19. The lowest BCUT2D eigenvalue weighted by Gasteiger charge is -2.10. The first-order chi connectivity index (χ1) is 11.0. The maximum absolute atomic E-state index is 12.4. The van der Waals surface area contributed by atoms with E-state index < -0.39 is 8.03 Å². The van der Waals surface area contributed by atoms with Crippen LogP contribution in [0.4, 0.5) is 0 Å². The van der Waals surface area contributed by atoms with Crippen molar-refractivity contribution in [3.05, 3.63) is 70.3 Å². The van der Waals surface area contributed by atoms with Crippen LogP contribution >= 0.6 is 8.03 Å². The van der Waals surface area contributed by atoms with Gasteiger partial charge in [-0.1, -0.05) is 48.0 Å². The summed E-state index contributed by atoms with van der Waals surface area (Å²) in [5.41, 5.74) is 4.21. The number of aryl methyl sites for hydroxylation is 4. The zero-order valence-corrected chi connectivity index (χ0v) is 14.9. The monoisotopic (exact) mass is 330 g/mol. The molecule has 0 fully saturated rings. The third-order valence-corrected chi connectivity index (χ3v) is 4.86. The van der Waals surface area contributed by atoms with Gasteiger partial charge < -0.3 is 4.52 Å². The van der Waals surface area contributed by atoms with Crippen molar-refractivity contribution in [1.82, 2.24) is 0 Å². The maximum Gasteiger partial charge on any atom is 0.260 e. The van der Waals surface area contributed by atoms with E-state index in [2.05, 4.69) is 0 Å². The first kappa shape index (κ1) is 17.7. The topological polar surface area (TPSA) is 43.4 Å². The molecular weight excluding hydrogens is 307 g/mol. The number of rotatable bonds is 7. The van der Waals surface area contributed by atoms with Crippen molar-refractivity contribution in [2.45, 2.75) is 33.6 Å². The SMILES string of the molecule is Cc1cc(C)c(C(=O)[PH](=O)OCCCc2ccccc2)c(C)c1. The minimum Gasteiger partial charge on any atom is -0.325 e. The van der Waals surface area contributed by atoms with Crippen molar-refractivity contribution < 1.29 is 13.9 Å². The van der Waals surface area contributed by atoms with Gasteiger partial charge in [0.05, 0.1) is 6.61 Å². The molecule has 23 heavy (non-hydrogen) atoms. The van der Waals surface area contributed by atoms with Crippen molar-refractivity contribution in [1.29, 1.82) is 0 Å². The van der Waals surface area contributed by atoms with Gasteiger partial charge in [0.1, 0.15) is 0 Å². The highest BCUT2D eigenvalue weighted by Crippen LogP contribution is 2.32. The van der Waals surface area contributed by atoms with Crippen molar-refractivity contribution in [3.63, 3.8) is 0 Å². The first-order valence-electron chi connectivity index (χ1n) is 7.82. The molecule has 0 amide bonds. The predicted octanol–water partition coefficient (Wildman–Crippen LogP) is 4.88. The van der Waals surface area contributed by atoms with E-state index in [1.54, 1.807) is 0 Å². The second kappa shape index (κ2) is 8.24. The molecule has 0 aliphatic rings. The van der Waals surface area contributed by atoms with Crippen LogP contribution in [0.15, 0.2) is 42.5 Å². The van der Waals surface area contributed by atoms with Crippen LogP contribution in [0.2, 0.25) is 0 Å². The van der Waals surface area contributed by atoms with Crippen LogP contribution in [-0.4, -0.2) is 12.1 Å². The molecule has 0 saturated carbocycles. The average molecular weight is 330 g/mol. The van der Waals surface area contributed by atoms with Crippen LogP contribution in [-0.2, 0) is 15.5 Å². The molecule has 0 saturated heterocycles. The normalized spacial score (nSPS) is 12.1. The molecule has 0 aliphatic carbocycles. The van der Waals surface area contributed by atoms with Gasteiger partial charge >= 0.3 is 0 Å². The number of hydrogen-bond donors (Lipinski definition) is 0. The smallest absolute Gasteiger partial charge is 0.260 e. The molecule has 0 aromatic heterocycles. The Morgan fingerprint density at radius 2 is 1.65 bits per heavy atom. The lowest BCUT2D eigenvalue weighted by atomic mass is 10.0. The van der Waals surface area contributed by atoms with E-state index in [9.17, 15) is 9.36 Å². The zero-order chi connectivity index (χ0) is 16.8. The molecule has 0 heterocycles. The molecule has 122 valence electrons. The molecule has 2 aromatic carbocycles. The molecular formula is C19H23O3P. The Kier molecular flexibility index (Phi) is 6.32.